The molecule has 0 spiro atoms. The Hall–Kier alpha value is -2.02. The molecule has 1 heterocycles. The highest BCUT2D eigenvalue weighted by Gasteiger charge is 2.42. The van der Waals surface area contributed by atoms with Crippen LogP contribution in [0.15, 0.2) is 11.8 Å². The van der Waals surface area contributed by atoms with E-state index in [9.17, 15) is 19.2 Å². The van der Waals surface area contributed by atoms with E-state index >= 15 is 0 Å². The van der Waals surface area contributed by atoms with E-state index in [2.05, 4.69) is 0 Å². The molecule has 0 aromatic carbocycles. The number of hydrogen-bond donors (Lipinski definition) is 0. The van der Waals surface area contributed by atoms with E-state index < -0.39 is 35.8 Å². The molecule has 0 amide bonds. The maximum Gasteiger partial charge on any atom is 0.308 e. The fourth-order valence-electron chi connectivity index (χ4n) is 2.81. The lowest BCUT2D eigenvalue weighted by Gasteiger charge is -2.33. The van der Waals surface area contributed by atoms with Crippen LogP contribution in [-0.2, 0) is 33.4 Å². The molecule has 0 aromatic heterocycles. The molecule has 3 atom stereocenters. The van der Waals surface area contributed by atoms with Crippen LogP contribution in [-0.4, -0.2) is 42.3 Å². The van der Waals surface area contributed by atoms with Gasteiger partial charge in [0.2, 0.25) is 5.78 Å². The number of carbonyl (C=O) groups is 4. The van der Waals surface area contributed by atoms with Gasteiger partial charge in [-0.15, -0.1) is 0 Å². The van der Waals surface area contributed by atoms with Crippen molar-refractivity contribution in [3.63, 3.8) is 0 Å². The zero-order chi connectivity index (χ0) is 17.0. The summed E-state index contributed by atoms with van der Waals surface area (Å²) < 4.78 is 15.5. The monoisotopic (exact) mass is 324 g/mol. The number of hydrogen-bond acceptors (Lipinski definition) is 7. The predicted octanol–water partition coefficient (Wildman–Crippen LogP) is 1.09. The second kappa shape index (κ2) is 7.50. The summed E-state index contributed by atoms with van der Waals surface area (Å²) in [4.78, 5) is 46.7. The van der Waals surface area contributed by atoms with E-state index in [1.54, 1.807) is 0 Å². The van der Waals surface area contributed by atoms with Crippen LogP contribution in [0.4, 0.5) is 0 Å². The number of rotatable bonds is 4. The van der Waals surface area contributed by atoms with Gasteiger partial charge in [-0.3, -0.25) is 19.2 Å². The van der Waals surface area contributed by atoms with Crippen molar-refractivity contribution in [3.8, 4) is 0 Å². The third-order valence-electron chi connectivity index (χ3n) is 3.83. The van der Waals surface area contributed by atoms with Gasteiger partial charge in [0.25, 0.3) is 0 Å². The predicted molar refractivity (Wildman–Crippen MR) is 77.1 cm³/mol. The molecule has 1 unspecified atom stereocenters. The fraction of sp³-hybridized carbons (Fsp3) is 0.625. The van der Waals surface area contributed by atoms with Gasteiger partial charge in [-0.1, -0.05) is 6.42 Å². The lowest BCUT2D eigenvalue weighted by atomic mass is 9.81. The van der Waals surface area contributed by atoms with Crippen LogP contribution in [0.5, 0.6) is 0 Å². The van der Waals surface area contributed by atoms with Gasteiger partial charge in [-0.05, 0) is 18.9 Å². The lowest BCUT2D eigenvalue weighted by Crippen LogP contribution is -2.46. The van der Waals surface area contributed by atoms with E-state index in [0.29, 0.717) is 12.8 Å². The van der Waals surface area contributed by atoms with Crippen LogP contribution in [0.25, 0.3) is 0 Å². The summed E-state index contributed by atoms with van der Waals surface area (Å²) in [6, 6.07) is 0. The van der Waals surface area contributed by atoms with Gasteiger partial charge in [0.05, 0.1) is 5.92 Å². The van der Waals surface area contributed by atoms with Gasteiger partial charge in [0.1, 0.15) is 24.6 Å². The molecule has 0 N–H and O–H groups in total. The maximum atomic E-state index is 12.5. The lowest BCUT2D eigenvalue weighted by molar-refractivity contribution is -0.159. The van der Waals surface area contributed by atoms with Gasteiger partial charge in [0.15, 0.2) is 5.76 Å². The first-order chi connectivity index (χ1) is 10.9. The summed E-state index contributed by atoms with van der Waals surface area (Å²) in [5.41, 5.74) is 0. The zero-order valence-corrected chi connectivity index (χ0v) is 13.2. The van der Waals surface area contributed by atoms with Gasteiger partial charge in [0, 0.05) is 20.3 Å². The van der Waals surface area contributed by atoms with Crippen molar-refractivity contribution < 1.29 is 33.4 Å². The van der Waals surface area contributed by atoms with Crippen molar-refractivity contribution in [2.24, 2.45) is 5.92 Å². The normalized spacial score (nSPS) is 28.1. The molecule has 7 heteroatoms. The third-order valence-corrected chi connectivity index (χ3v) is 3.83. The molecule has 0 aromatic rings. The smallest absolute Gasteiger partial charge is 0.308 e. The van der Waals surface area contributed by atoms with Crippen LogP contribution in [0.3, 0.4) is 0 Å². The molecule has 0 saturated heterocycles. The van der Waals surface area contributed by atoms with Gasteiger partial charge >= 0.3 is 11.9 Å². The number of Topliss-reactive ketones (excluding diaryl/α,β-unsaturated/α-hetero) is 2. The third kappa shape index (κ3) is 4.48. The summed E-state index contributed by atoms with van der Waals surface area (Å²) in [6.45, 7) is 2.34. The summed E-state index contributed by atoms with van der Waals surface area (Å²) in [6.07, 6.45) is 2.21. The molecule has 0 bridgehead atoms. The average Bonchev–Trinajstić information content (AvgIpc) is 2.48. The number of ketones is 2. The van der Waals surface area contributed by atoms with Crippen LogP contribution in [0, 0.1) is 5.92 Å². The summed E-state index contributed by atoms with van der Waals surface area (Å²) >= 11 is 0. The highest BCUT2D eigenvalue weighted by molar-refractivity contribution is 6.02. The summed E-state index contributed by atoms with van der Waals surface area (Å²) in [7, 11) is 0. The molecule has 1 aliphatic heterocycles. The summed E-state index contributed by atoms with van der Waals surface area (Å²) in [5.74, 6) is -2.35. The molecular weight excluding hydrogens is 304 g/mol. The Kier molecular flexibility index (Phi) is 5.65. The van der Waals surface area contributed by atoms with E-state index in [4.69, 9.17) is 14.2 Å². The highest BCUT2D eigenvalue weighted by Crippen LogP contribution is 2.30. The summed E-state index contributed by atoms with van der Waals surface area (Å²) in [5, 5.41) is 0. The number of esters is 2. The Morgan fingerprint density at radius 1 is 1.22 bits per heavy atom. The first-order valence-corrected chi connectivity index (χ1v) is 7.64. The number of ether oxygens (including phenoxy) is 3. The van der Waals surface area contributed by atoms with E-state index in [1.807, 2.05) is 0 Å². The molecule has 0 radical (unpaired) electrons. The largest absolute Gasteiger partial charge is 0.463 e. The topological polar surface area (TPSA) is 96.0 Å². The van der Waals surface area contributed by atoms with E-state index in [-0.39, 0.29) is 18.1 Å². The molecule has 2 aliphatic rings. The Morgan fingerprint density at radius 3 is 2.57 bits per heavy atom. The van der Waals surface area contributed by atoms with Crippen LogP contribution < -0.4 is 0 Å². The molecule has 1 saturated carbocycles. The van der Waals surface area contributed by atoms with Gasteiger partial charge < -0.3 is 14.2 Å². The SMILES string of the molecule is CC(=O)OC[C@@H]1C=C(OC(C)=O)C(=O)[C@H](C2CCCCC2=O)O1. The van der Waals surface area contributed by atoms with E-state index in [0.717, 1.165) is 12.8 Å². The Labute approximate surface area is 133 Å². The van der Waals surface area contributed by atoms with Crippen molar-refractivity contribution in [1.29, 1.82) is 0 Å². The van der Waals surface area contributed by atoms with Gasteiger partial charge in [-0.25, -0.2) is 0 Å². The highest BCUT2D eigenvalue weighted by atomic mass is 16.6. The second-order valence-electron chi connectivity index (χ2n) is 5.71. The quantitative estimate of drug-likeness (QED) is 0.714. The van der Waals surface area contributed by atoms with Crippen molar-refractivity contribution in [2.75, 3.05) is 6.61 Å². The van der Waals surface area contributed by atoms with Crippen molar-refractivity contribution in [1.82, 2.24) is 0 Å². The van der Waals surface area contributed by atoms with Crippen molar-refractivity contribution in [3.05, 3.63) is 11.8 Å². The first kappa shape index (κ1) is 17.3. The molecular formula is C16H20O7. The Bertz CT molecular complexity index is 549. The van der Waals surface area contributed by atoms with Crippen LogP contribution in [0.1, 0.15) is 39.5 Å². The zero-order valence-electron chi connectivity index (χ0n) is 13.2. The Balaban J connectivity index is 2.19. The first-order valence-electron chi connectivity index (χ1n) is 7.64. The van der Waals surface area contributed by atoms with Crippen molar-refractivity contribution >= 4 is 23.5 Å². The van der Waals surface area contributed by atoms with E-state index in [1.165, 1.54) is 19.9 Å². The minimum absolute atomic E-state index is 0.0232. The fourth-order valence-corrected chi connectivity index (χ4v) is 2.81. The molecule has 23 heavy (non-hydrogen) atoms. The molecule has 126 valence electrons. The second-order valence-corrected chi connectivity index (χ2v) is 5.71. The maximum absolute atomic E-state index is 12.5. The van der Waals surface area contributed by atoms with Crippen LogP contribution in [0.2, 0.25) is 0 Å². The minimum Gasteiger partial charge on any atom is -0.463 e. The molecule has 1 aliphatic carbocycles. The number of carbonyl (C=O) groups excluding carboxylic acids is 4. The minimum atomic E-state index is -0.997. The molecule has 1 fully saturated rings. The standard InChI is InChI=1S/C16H20O7/c1-9(17)21-8-11-7-14(22-10(2)18)15(20)16(23-11)12-5-3-4-6-13(12)19/h7,11-12,16H,3-6,8H2,1-2H3/t11-,12?,16-/m0/s1. The average molecular weight is 324 g/mol. The molecule has 2 rings (SSSR count). The van der Waals surface area contributed by atoms with Crippen LogP contribution >= 0.6 is 0 Å². The Morgan fingerprint density at radius 2 is 1.96 bits per heavy atom. The molecule has 7 nitrogen and oxygen atoms in total. The van der Waals surface area contributed by atoms with Crippen molar-refractivity contribution in [2.45, 2.75) is 51.7 Å². The van der Waals surface area contributed by atoms with Gasteiger partial charge in [-0.2, -0.15) is 0 Å².